The number of hydrogen-bond acceptors (Lipinski definition) is 5. The molecule has 0 spiro atoms. The second-order valence-corrected chi connectivity index (χ2v) is 11.2. The molecule has 7 nitrogen and oxygen atoms in total. The van der Waals surface area contributed by atoms with Crippen LogP contribution in [-0.2, 0) is 11.3 Å². The number of carbonyl (C=O) groups is 2. The van der Waals surface area contributed by atoms with Crippen molar-refractivity contribution >= 4 is 29.5 Å². The maximum atomic E-state index is 14.8. The summed E-state index contributed by atoms with van der Waals surface area (Å²) in [5.41, 5.74) is 7.44. The maximum Gasteiger partial charge on any atom is 0.253 e. The number of rotatable bonds is 9. The van der Waals surface area contributed by atoms with Gasteiger partial charge in [-0.15, -0.1) is 12.3 Å². The molecule has 1 saturated heterocycles. The Labute approximate surface area is 293 Å². The number of likely N-dealkylation sites (tertiary alicyclic amines) is 1. The summed E-state index contributed by atoms with van der Waals surface area (Å²) in [6, 6.07) is 12.4. The van der Waals surface area contributed by atoms with Crippen molar-refractivity contribution in [1.82, 2.24) is 10.2 Å². The van der Waals surface area contributed by atoms with Crippen LogP contribution in [0.5, 0.6) is 0 Å². The number of furan rings is 1. The van der Waals surface area contributed by atoms with Gasteiger partial charge in [0.2, 0.25) is 6.41 Å². The Bertz CT molecular complexity index is 1910. The molecule has 1 aliphatic rings. The van der Waals surface area contributed by atoms with Gasteiger partial charge in [0.25, 0.3) is 11.8 Å². The van der Waals surface area contributed by atoms with Gasteiger partial charge in [-0.25, -0.2) is 22.0 Å². The summed E-state index contributed by atoms with van der Waals surface area (Å²) in [5.74, 6) is -3.83. The molecule has 0 bridgehead atoms. The molecule has 0 atom stereocenters. The van der Waals surface area contributed by atoms with E-state index < -0.39 is 28.9 Å². The highest BCUT2D eigenvalue weighted by molar-refractivity contribution is 5.98. The van der Waals surface area contributed by atoms with Gasteiger partial charge in [0, 0.05) is 60.8 Å². The van der Waals surface area contributed by atoms with E-state index in [1.807, 2.05) is 32.1 Å². The Morgan fingerprint density at radius 3 is 2.22 bits per heavy atom. The molecule has 1 fully saturated rings. The summed E-state index contributed by atoms with van der Waals surface area (Å²) in [7, 11) is 0. The molecule has 0 aliphatic carbocycles. The average molecular weight is 707 g/mol. The van der Waals surface area contributed by atoms with E-state index in [2.05, 4.69) is 22.7 Å². The molecular weight excluding hydrogens is 667 g/mol. The van der Waals surface area contributed by atoms with Gasteiger partial charge < -0.3 is 20.4 Å². The molecule has 268 valence electrons. The van der Waals surface area contributed by atoms with E-state index in [0.717, 1.165) is 5.57 Å². The van der Waals surface area contributed by atoms with Crippen molar-refractivity contribution in [3.63, 3.8) is 0 Å². The lowest BCUT2D eigenvalue weighted by atomic mass is 9.95. The Morgan fingerprint density at radius 1 is 1.04 bits per heavy atom. The van der Waals surface area contributed by atoms with Gasteiger partial charge in [0.15, 0.2) is 0 Å². The van der Waals surface area contributed by atoms with E-state index in [1.54, 1.807) is 49.5 Å². The Morgan fingerprint density at radius 2 is 1.67 bits per heavy atom. The molecule has 2 heterocycles. The van der Waals surface area contributed by atoms with Crippen LogP contribution in [-0.4, -0.2) is 49.1 Å². The fourth-order valence-electron chi connectivity index (χ4n) is 5.18. The molecule has 1 aliphatic heterocycles. The van der Waals surface area contributed by atoms with Crippen molar-refractivity contribution < 1.29 is 36.0 Å². The van der Waals surface area contributed by atoms with Crippen molar-refractivity contribution in [2.24, 2.45) is 10.7 Å². The van der Waals surface area contributed by atoms with Crippen molar-refractivity contribution in [3.05, 3.63) is 107 Å². The van der Waals surface area contributed by atoms with Crippen LogP contribution < -0.4 is 11.1 Å². The summed E-state index contributed by atoms with van der Waals surface area (Å²) in [4.78, 5) is 28.8. The van der Waals surface area contributed by atoms with Crippen LogP contribution in [0.4, 0.5) is 22.0 Å². The first kappa shape index (κ1) is 39.9. The van der Waals surface area contributed by atoms with Crippen LogP contribution in [0.1, 0.15) is 49.7 Å². The van der Waals surface area contributed by atoms with E-state index in [4.69, 9.17) is 10.2 Å². The lowest BCUT2D eigenvalue weighted by molar-refractivity contribution is -0.109. The smallest absolute Gasteiger partial charge is 0.253 e. The predicted octanol–water partition coefficient (Wildman–Crippen LogP) is 8.44. The van der Waals surface area contributed by atoms with Gasteiger partial charge in [-0.1, -0.05) is 30.4 Å². The van der Waals surface area contributed by atoms with Crippen LogP contribution >= 0.6 is 0 Å². The summed E-state index contributed by atoms with van der Waals surface area (Å²) < 4.78 is 75.8. The third-order valence-corrected chi connectivity index (χ3v) is 7.59. The largest absolute Gasteiger partial charge is 0.459 e. The molecule has 0 radical (unpaired) electrons. The van der Waals surface area contributed by atoms with E-state index in [9.17, 15) is 31.5 Å². The van der Waals surface area contributed by atoms with Crippen LogP contribution in [0.2, 0.25) is 0 Å². The fraction of sp³-hybridized carbons (Fsp3) is 0.256. The Kier molecular flexibility index (Phi) is 14.9. The number of fused-ring (bicyclic) bond motifs is 1. The summed E-state index contributed by atoms with van der Waals surface area (Å²) in [6.45, 7) is 5.92. The molecule has 12 heteroatoms. The first-order chi connectivity index (χ1) is 24.4. The number of carbonyl (C=O) groups excluding carboxylic acids is 2. The first-order valence-electron chi connectivity index (χ1n) is 15.9. The monoisotopic (exact) mass is 706 g/mol. The molecular formula is C39H39F5N4O3. The highest BCUT2D eigenvalue weighted by Crippen LogP contribution is 2.38. The predicted molar refractivity (Wildman–Crippen MR) is 191 cm³/mol. The van der Waals surface area contributed by atoms with E-state index in [0.29, 0.717) is 53.0 Å². The minimum Gasteiger partial charge on any atom is -0.459 e. The molecule has 4 aromatic rings. The topological polar surface area (TPSA) is 101 Å². The number of allylic oxidation sites excluding steroid dienone is 4. The number of terminal acetylenes is 1. The molecule has 3 aromatic carbocycles. The lowest BCUT2D eigenvalue weighted by Gasteiger charge is -2.31. The highest BCUT2D eigenvalue weighted by atomic mass is 19.3. The zero-order chi connectivity index (χ0) is 37.6. The lowest BCUT2D eigenvalue weighted by Crippen LogP contribution is -2.42. The standard InChI is InChI=1S/C28H21F5N2O3.C8H14N2.C3H4/c29-20-12-23(30)25(24(31)13-20)22-11-18(9-19-10-21(14-34-15-36)38-26(19)22)16-1-3-17(4-2-16)27(37)35-7-5-28(32,33)6-8-35;1-3-5-8(4-2)6-10-7-9;1-3-2/h1-4,9-13,15H,5-8,14H2,(H,34,36);3-6H,7,9H2,1-2H3;1H,2H3/b;5-3+,8-4-,10-6-;. The quantitative estimate of drug-likeness (QED) is 0.0600. The molecule has 3 N–H and O–H groups in total. The van der Waals surface area contributed by atoms with E-state index in [-0.39, 0.29) is 49.5 Å². The number of piperidine rings is 1. The first-order valence-corrected chi connectivity index (χ1v) is 15.9. The third-order valence-electron chi connectivity index (χ3n) is 7.59. The van der Waals surface area contributed by atoms with Gasteiger partial charge in [0.1, 0.15) is 28.8 Å². The van der Waals surface area contributed by atoms with Crippen molar-refractivity contribution in [2.45, 2.75) is 46.1 Å². The Hall–Kier alpha value is -5.54. The summed E-state index contributed by atoms with van der Waals surface area (Å²) in [6.07, 6.45) is 12.0. The number of nitrogens with two attached hydrogens (primary N) is 1. The van der Waals surface area contributed by atoms with Gasteiger partial charge in [-0.3, -0.25) is 14.6 Å². The normalized spacial score (nSPS) is 14.0. The van der Waals surface area contributed by atoms with Gasteiger partial charge >= 0.3 is 0 Å². The number of hydrogen-bond donors (Lipinski definition) is 2. The SMILES string of the molecule is C#CC.C/C=C(\C=N/CN)/C=C/C.O=CNCc1cc2cc(-c3ccc(C(=O)N4CCC(F)(F)CC4)cc3)cc(-c3c(F)cc(F)cc3F)c2o1. The van der Waals surface area contributed by atoms with Crippen molar-refractivity contribution in [2.75, 3.05) is 19.8 Å². The van der Waals surface area contributed by atoms with Gasteiger partial charge in [0.05, 0.1) is 18.8 Å². The second-order valence-electron chi connectivity index (χ2n) is 11.2. The Balaban J connectivity index is 0.000000463. The minimum absolute atomic E-state index is 0.0375. The van der Waals surface area contributed by atoms with Crippen LogP contribution in [0.3, 0.4) is 0 Å². The molecule has 51 heavy (non-hydrogen) atoms. The van der Waals surface area contributed by atoms with Crippen LogP contribution in [0.25, 0.3) is 33.2 Å². The summed E-state index contributed by atoms with van der Waals surface area (Å²) in [5, 5.41) is 2.94. The van der Waals surface area contributed by atoms with Crippen molar-refractivity contribution in [3.8, 4) is 34.6 Å². The maximum absolute atomic E-state index is 14.8. The number of alkyl halides is 2. The zero-order valence-corrected chi connectivity index (χ0v) is 28.5. The second kappa shape index (κ2) is 19.0. The molecule has 1 aromatic heterocycles. The fourth-order valence-corrected chi connectivity index (χ4v) is 5.18. The van der Waals surface area contributed by atoms with E-state index >= 15 is 0 Å². The minimum atomic E-state index is -2.77. The van der Waals surface area contributed by atoms with Crippen LogP contribution in [0.15, 0.2) is 87.8 Å². The van der Waals surface area contributed by atoms with Crippen molar-refractivity contribution in [1.29, 1.82) is 0 Å². The summed E-state index contributed by atoms with van der Waals surface area (Å²) >= 11 is 0. The number of halogens is 5. The molecule has 0 saturated carbocycles. The number of nitrogens with one attached hydrogen (secondary N) is 1. The zero-order valence-electron chi connectivity index (χ0n) is 28.5. The van der Waals surface area contributed by atoms with Gasteiger partial charge in [-0.2, -0.15) is 0 Å². The molecule has 5 rings (SSSR count). The molecule has 0 unspecified atom stereocenters. The van der Waals surface area contributed by atoms with Gasteiger partial charge in [-0.05, 0) is 67.8 Å². The third kappa shape index (κ3) is 11.0. The average Bonchev–Trinajstić information content (AvgIpc) is 3.52. The number of aliphatic imine (C=N–C) groups is 1. The van der Waals surface area contributed by atoms with Crippen LogP contribution in [0, 0.1) is 29.8 Å². The number of nitrogens with zero attached hydrogens (tertiary/aromatic N) is 2. The molecule has 2 amide bonds. The van der Waals surface area contributed by atoms with E-state index in [1.165, 1.54) is 11.0 Å². The number of benzene rings is 3. The number of amides is 2. The highest BCUT2D eigenvalue weighted by Gasteiger charge is 2.35.